The Bertz CT molecular complexity index is 800. The van der Waals surface area contributed by atoms with Crippen molar-refractivity contribution in [2.75, 3.05) is 0 Å². The number of rotatable bonds is 8. The van der Waals surface area contributed by atoms with Crippen LogP contribution in [0.1, 0.15) is 69.2 Å². The summed E-state index contributed by atoms with van der Waals surface area (Å²) >= 11 is 0. The van der Waals surface area contributed by atoms with Crippen molar-refractivity contribution in [1.82, 2.24) is 4.90 Å². The lowest BCUT2D eigenvalue weighted by atomic mass is 10.1. The van der Waals surface area contributed by atoms with Crippen molar-refractivity contribution in [3.8, 4) is 0 Å². The minimum absolute atomic E-state index is 0.0564. The third-order valence-electron chi connectivity index (χ3n) is 3.84. The second-order valence-corrected chi connectivity index (χ2v) is 9.11. The predicted molar refractivity (Wildman–Crippen MR) is 110 cm³/mol. The summed E-state index contributed by atoms with van der Waals surface area (Å²) in [6.45, 7) is 12.0. The van der Waals surface area contributed by atoms with Crippen molar-refractivity contribution in [1.29, 1.82) is 0 Å². The average Bonchev–Trinajstić information content (AvgIpc) is 2.83. The highest BCUT2D eigenvalue weighted by atomic mass is 31.2. The van der Waals surface area contributed by atoms with Crippen molar-refractivity contribution >= 4 is 25.5 Å². The van der Waals surface area contributed by atoms with Crippen molar-refractivity contribution in [2.45, 2.75) is 72.8 Å². The van der Waals surface area contributed by atoms with Gasteiger partial charge in [0.1, 0.15) is 6.04 Å². The van der Waals surface area contributed by atoms with Crippen LogP contribution >= 0.6 is 7.82 Å². The number of phosphoric acid groups is 1. The highest BCUT2D eigenvalue weighted by Gasteiger charge is 2.43. The number of amides is 2. The molecule has 160 valence electrons. The standard InChI is InChI=1S/C20H29N2O6P/c1-12(2)21-18(28-29(25,26-13(3)4)27-14(5)6)15(7)22-19(23)16-10-8-9-11-17(16)20(22)24/h8-15H,1-7H3. The van der Waals surface area contributed by atoms with E-state index in [4.69, 9.17) is 13.6 Å². The fourth-order valence-electron chi connectivity index (χ4n) is 2.83. The number of phosphoric ester groups is 1. The maximum absolute atomic E-state index is 13.2. The molecule has 0 radical (unpaired) electrons. The van der Waals surface area contributed by atoms with Gasteiger partial charge in [-0.3, -0.25) is 28.5 Å². The zero-order valence-corrected chi connectivity index (χ0v) is 18.8. The Balaban J connectivity index is 2.39. The van der Waals surface area contributed by atoms with Crippen LogP contribution in [0.2, 0.25) is 0 Å². The zero-order chi connectivity index (χ0) is 21.9. The Kier molecular flexibility index (Phi) is 7.38. The monoisotopic (exact) mass is 424 g/mol. The van der Waals surface area contributed by atoms with Gasteiger partial charge in [0.25, 0.3) is 11.8 Å². The highest BCUT2D eigenvalue weighted by molar-refractivity contribution is 7.49. The summed E-state index contributed by atoms with van der Waals surface area (Å²) in [5.41, 5.74) is 0.626. The Hall–Kier alpha value is -2.02. The predicted octanol–water partition coefficient (Wildman–Crippen LogP) is 4.45. The molecule has 0 N–H and O–H groups in total. The van der Waals surface area contributed by atoms with E-state index in [2.05, 4.69) is 4.99 Å². The van der Waals surface area contributed by atoms with Crippen LogP contribution in [0.25, 0.3) is 0 Å². The number of carbonyl (C=O) groups excluding carboxylic acids is 2. The molecule has 0 saturated heterocycles. The average molecular weight is 424 g/mol. The summed E-state index contributed by atoms with van der Waals surface area (Å²) in [5, 5.41) is 0. The molecule has 1 aromatic rings. The third-order valence-corrected chi connectivity index (χ3v) is 5.61. The second-order valence-electron chi connectivity index (χ2n) is 7.61. The molecule has 0 aromatic heterocycles. The van der Waals surface area contributed by atoms with Gasteiger partial charge in [-0.25, -0.2) is 4.57 Å². The van der Waals surface area contributed by atoms with Gasteiger partial charge >= 0.3 is 7.82 Å². The van der Waals surface area contributed by atoms with E-state index in [1.165, 1.54) is 0 Å². The summed E-state index contributed by atoms with van der Waals surface area (Å²) in [5.74, 6) is -0.968. The van der Waals surface area contributed by atoms with Gasteiger partial charge in [0.2, 0.25) is 5.90 Å². The lowest BCUT2D eigenvalue weighted by Gasteiger charge is -2.28. The topological polar surface area (TPSA) is 94.5 Å². The van der Waals surface area contributed by atoms with Gasteiger partial charge in [0.05, 0.1) is 23.3 Å². The molecular weight excluding hydrogens is 395 g/mol. The van der Waals surface area contributed by atoms with Gasteiger partial charge in [-0.1, -0.05) is 12.1 Å². The molecule has 1 aliphatic heterocycles. The van der Waals surface area contributed by atoms with Crippen LogP contribution < -0.4 is 0 Å². The molecule has 1 unspecified atom stereocenters. The Morgan fingerprint density at radius 1 is 0.897 bits per heavy atom. The van der Waals surface area contributed by atoms with Gasteiger partial charge < -0.3 is 4.52 Å². The molecule has 2 amide bonds. The molecule has 9 heteroatoms. The fraction of sp³-hybridized carbons (Fsp3) is 0.550. The number of hydrogen-bond donors (Lipinski definition) is 0. The Morgan fingerprint density at radius 3 is 1.72 bits per heavy atom. The lowest BCUT2D eigenvalue weighted by Crippen LogP contribution is -2.44. The van der Waals surface area contributed by atoms with E-state index in [0.29, 0.717) is 11.1 Å². The number of imide groups is 1. The van der Waals surface area contributed by atoms with Crippen LogP contribution in [0.4, 0.5) is 0 Å². The van der Waals surface area contributed by atoms with Gasteiger partial charge in [0.15, 0.2) is 0 Å². The van der Waals surface area contributed by atoms with Crippen molar-refractivity contribution in [2.24, 2.45) is 4.99 Å². The summed E-state index contributed by atoms with van der Waals surface area (Å²) in [4.78, 5) is 31.1. The summed E-state index contributed by atoms with van der Waals surface area (Å²) in [6, 6.07) is 5.44. The smallest absolute Gasteiger partial charge is 0.388 e. The molecule has 1 heterocycles. The minimum Gasteiger partial charge on any atom is -0.388 e. The first kappa shape index (κ1) is 23.3. The highest BCUT2D eigenvalue weighted by Crippen LogP contribution is 2.52. The molecule has 0 bridgehead atoms. The van der Waals surface area contributed by atoms with Crippen molar-refractivity contribution < 1.29 is 27.7 Å². The van der Waals surface area contributed by atoms with Gasteiger partial charge in [-0.15, -0.1) is 0 Å². The van der Waals surface area contributed by atoms with Crippen molar-refractivity contribution in [3.63, 3.8) is 0 Å². The largest absolute Gasteiger partial charge is 0.531 e. The molecule has 2 rings (SSSR count). The maximum atomic E-state index is 13.2. The van der Waals surface area contributed by atoms with E-state index in [0.717, 1.165) is 4.90 Å². The molecule has 1 aliphatic rings. The lowest BCUT2D eigenvalue weighted by molar-refractivity contribution is 0.0608. The molecule has 1 atom stereocenters. The zero-order valence-electron chi connectivity index (χ0n) is 17.9. The molecule has 0 spiro atoms. The number of aliphatic imine (C=N–C) groups is 1. The van der Waals surface area contributed by atoms with E-state index >= 15 is 0 Å². The summed E-state index contributed by atoms with van der Waals surface area (Å²) in [6.07, 6.45) is -0.871. The van der Waals surface area contributed by atoms with E-state index in [1.807, 2.05) is 0 Å². The van der Waals surface area contributed by atoms with Gasteiger partial charge in [-0.05, 0) is 60.6 Å². The van der Waals surface area contributed by atoms with Gasteiger partial charge in [-0.2, -0.15) is 0 Å². The summed E-state index contributed by atoms with van der Waals surface area (Å²) in [7, 11) is -4.03. The molecule has 0 saturated carbocycles. The van der Waals surface area contributed by atoms with Crippen LogP contribution in [-0.4, -0.2) is 46.9 Å². The first-order chi connectivity index (χ1) is 13.4. The fourth-order valence-corrected chi connectivity index (χ4v) is 4.43. The number of fused-ring (bicyclic) bond motifs is 1. The van der Waals surface area contributed by atoms with E-state index in [9.17, 15) is 14.2 Å². The summed E-state index contributed by atoms with van der Waals surface area (Å²) < 4.78 is 29.7. The maximum Gasteiger partial charge on any atom is 0.531 e. The minimum atomic E-state index is -4.03. The molecule has 1 aromatic carbocycles. The van der Waals surface area contributed by atoms with Crippen LogP contribution in [-0.2, 0) is 18.1 Å². The molecule has 0 aliphatic carbocycles. The number of nitrogens with zero attached hydrogens (tertiary/aromatic N) is 2. The van der Waals surface area contributed by atoms with E-state index in [1.54, 1.807) is 72.7 Å². The van der Waals surface area contributed by atoms with E-state index in [-0.39, 0.29) is 11.9 Å². The number of carbonyl (C=O) groups is 2. The Morgan fingerprint density at radius 2 is 1.34 bits per heavy atom. The first-order valence-corrected chi connectivity index (χ1v) is 11.1. The van der Waals surface area contributed by atoms with Crippen molar-refractivity contribution in [3.05, 3.63) is 35.4 Å². The van der Waals surface area contributed by atoms with Gasteiger partial charge in [0, 0.05) is 6.04 Å². The Labute approximate surface area is 171 Å². The quantitative estimate of drug-likeness (QED) is 0.265. The second kappa shape index (κ2) is 9.20. The molecule has 29 heavy (non-hydrogen) atoms. The van der Waals surface area contributed by atoms with E-state index < -0.39 is 37.9 Å². The van der Waals surface area contributed by atoms with Crippen LogP contribution in [0.15, 0.2) is 29.3 Å². The van der Waals surface area contributed by atoms with Crippen LogP contribution in [0, 0.1) is 0 Å². The number of hydrogen-bond acceptors (Lipinski definition) is 7. The molecular formula is C20H29N2O6P. The SMILES string of the molecule is CC(C)N=C(OP(=O)(OC(C)C)OC(C)C)C(C)N1C(=O)c2ccccc2C1=O. The third kappa shape index (κ3) is 5.53. The molecule has 0 fully saturated rings. The number of benzene rings is 1. The van der Waals surface area contributed by atoms with Crippen LogP contribution in [0.5, 0.6) is 0 Å². The normalized spacial score (nSPS) is 16.2. The molecule has 8 nitrogen and oxygen atoms in total. The first-order valence-electron chi connectivity index (χ1n) is 9.66. The van der Waals surface area contributed by atoms with Crippen LogP contribution in [0.3, 0.4) is 0 Å².